The van der Waals surface area contributed by atoms with E-state index in [-0.39, 0.29) is 0 Å². The van der Waals surface area contributed by atoms with Crippen LogP contribution >= 0.6 is 0 Å². The molecule has 0 unspecified atom stereocenters. The molecule has 0 N–H and O–H groups in total. The standard InChI is InChI=1S/C11H10O2/c1-12-10-6-5-9-4-2-3-7-13-11(9)8-10/h2-8H,1H3. The van der Waals surface area contributed by atoms with Crippen LogP contribution in [0.4, 0.5) is 0 Å². The quantitative estimate of drug-likeness (QED) is 0.651. The van der Waals surface area contributed by atoms with Crippen LogP contribution in [0, 0.1) is 0 Å². The molecule has 0 saturated heterocycles. The summed E-state index contributed by atoms with van der Waals surface area (Å²) in [5.41, 5.74) is 1.06. The van der Waals surface area contributed by atoms with Gasteiger partial charge in [-0.2, -0.15) is 0 Å². The summed E-state index contributed by atoms with van der Waals surface area (Å²) in [4.78, 5) is 0. The van der Waals surface area contributed by atoms with Crippen molar-refractivity contribution in [3.63, 3.8) is 0 Å². The maximum atomic E-state index is 5.37. The second kappa shape index (κ2) is 3.35. The number of rotatable bonds is 1. The van der Waals surface area contributed by atoms with Crippen LogP contribution in [0.3, 0.4) is 0 Å². The molecule has 0 aromatic heterocycles. The minimum Gasteiger partial charge on any atom is -0.497 e. The molecule has 0 spiro atoms. The molecule has 2 nitrogen and oxygen atoms in total. The zero-order valence-corrected chi connectivity index (χ0v) is 7.36. The average molecular weight is 174 g/mol. The van der Waals surface area contributed by atoms with Gasteiger partial charge in [-0.3, -0.25) is 0 Å². The molecule has 1 aromatic rings. The van der Waals surface area contributed by atoms with E-state index in [0.717, 1.165) is 17.1 Å². The van der Waals surface area contributed by atoms with E-state index in [1.54, 1.807) is 13.4 Å². The van der Waals surface area contributed by atoms with Crippen molar-refractivity contribution in [2.75, 3.05) is 7.11 Å². The predicted molar refractivity (Wildman–Crippen MR) is 51.8 cm³/mol. The number of methoxy groups -OCH3 is 1. The molecular weight excluding hydrogens is 164 g/mol. The summed E-state index contributed by atoms with van der Waals surface area (Å²) in [7, 11) is 1.64. The zero-order valence-electron chi connectivity index (χ0n) is 7.36. The molecule has 0 saturated carbocycles. The van der Waals surface area contributed by atoms with Gasteiger partial charge in [0.1, 0.15) is 11.5 Å². The van der Waals surface area contributed by atoms with Gasteiger partial charge < -0.3 is 9.47 Å². The second-order valence-electron chi connectivity index (χ2n) is 2.71. The summed E-state index contributed by atoms with van der Waals surface area (Å²) >= 11 is 0. The highest BCUT2D eigenvalue weighted by molar-refractivity contribution is 5.61. The molecule has 1 aliphatic rings. The van der Waals surface area contributed by atoms with Gasteiger partial charge in [-0.05, 0) is 18.2 Å². The highest BCUT2D eigenvalue weighted by atomic mass is 16.5. The van der Waals surface area contributed by atoms with Crippen molar-refractivity contribution in [2.24, 2.45) is 0 Å². The molecule has 0 aliphatic carbocycles. The first-order valence-electron chi connectivity index (χ1n) is 4.08. The van der Waals surface area contributed by atoms with Gasteiger partial charge in [-0.25, -0.2) is 0 Å². The van der Waals surface area contributed by atoms with Gasteiger partial charge >= 0.3 is 0 Å². The van der Waals surface area contributed by atoms with Crippen molar-refractivity contribution in [1.29, 1.82) is 0 Å². The highest BCUT2D eigenvalue weighted by Gasteiger charge is 2.03. The van der Waals surface area contributed by atoms with Crippen molar-refractivity contribution >= 4 is 6.08 Å². The van der Waals surface area contributed by atoms with Crippen LogP contribution in [0.5, 0.6) is 11.5 Å². The third-order valence-electron chi connectivity index (χ3n) is 1.88. The van der Waals surface area contributed by atoms with E-state index in [2.05, 4.69) is 0 Å². The lowest BCUT2D eigenvalue weighted by Gasteiger charge is -2.05. The highest BCUT2D eigenvalue weighted by Crippen LogP contribution is 2.27. The molecule has 66 valence electrons. The maximum Gasteiger partial charge on any atom is 0.137 e. The normalized spacial score (nSPS) is 13.0. The van der Waals surface area contributed by atoms with Crippen LogP contribution in [0.2, 0.25) is 0 Å². The molecule has 1 aromatic carbocycles. The summed E-state index contributed by atoms with van der Waals surface area (Å²) in [6.45, 7) is 0. The maximum absolute atomic E-state index is 5.37. The van der Waals surface area contributed by atoms with E-state index in [1.807, 2.05) is 36.4 Å². The molecule has 0 radical (unpaired) electrons. The monoisotopic (exact) mass is 174 g/mol. The number of benzene rings is 1. The van der Waals surface area contributed by atoms with Crippen LogP contribution < -0.4 is 9.47 Å². The van der Waals surface area contributed by atoms with Gasteiger partial charge in [0, 0.05) is 11.6 Å². The predicted octanol–water partition coefficient (Wildman–Crippen LogP) is 2.61. The third-order valence-corrected chi connectivity index (χ3v) is 1.88. The Balaban J connectivity index is 2.45. The van der Waals surface area contributed by atoms with Crippen molar-refractivity contribution in [3.8, 4) is 11.5 Å². The Bertz CT molecular complexity index is 364. The molecule has 2 heteroatoms. The number of hydrogen-bond donors (Lipinski definition) is 0. The Morgan fingerprint density at radius 1 is 1.23 bits per heavy atom. The molecule has 13 heavy (non-hydrogen) atoms. The molecule has 0 bridgehead atoms. The Hall–Kier alpha value is -1.70. The zero-order chi connectivity index (χ0) is 9.10. The number of ether oxygens (including phenoxy) is 2. The van der Waals surface area contributed by atoms with E-state index in [4.69, 9.17) is 9.47 Å². The van der Waals surface area contributed by atoms with Gasteiger partial charge in [0.25, 0.3) is 0 Å². The first-order chi connectivity index (χ1) is 6.40. The topological polar surface area (TPSA) is 18.5 Å². The molecule has 1 aliphatic heterocycles. The average Bonchev–Trinajstić information content (AvgIpc) is 2.41. The van der Waals surface area contributed by atoms with Gasteiger partial charge in [-0.15, -0.1) is 0 Å². The molecule has 1 heterocycles. The fourth-order valence-electron chi connectivity index (χ4n) is 1.20. The summed E-state index contributed by atoms with van der Waals surface area (Å²) < 4.78 is 10.5. The Labute approximate surface area is 77.1 Å². The number of fused-ring (bicyclic) bond motifs is 1. The number of hydrogen-bond acceptors (Lipinski definition) is 2. The van der Waals surface area contributed by atoms with E-state index < -0.39 is 0 Å². The van der Waals surface area contributed by atoms with Crippen molar-refractivity contribution in [1.82, 2.24) is 0 Å². The van der Waals surface area contributed by atoms with Crippen molar-refractivity contribution in [3.05, 3.63) is 42.2 Å². The first kappa shape index (κ1) is 7.92. The Morgan fingerprint density at radius 2 is 2.15 bits per heavy atom. The SMILES string of the molecule is COc1ccc2c(c1)OC=CC=C2. The summed E-state index contributed by atoms with van der Waals surface area (Å²) in [5, 5.41) is 0. The fourth-order valence-corrected chi connectivity index (χ4v) is 1.20. The Kier molecular flexibility index (Phi) is 2.04. The van der Waals surface area contributed by atoms with Crippen LogP contribution in [0.1, 0.15) is 5.56 Å². The lowest BCUT2D eigenvalue weighted by molar-refractivity contribution is 0.409. The number of allylic oxidation sites excluding steroid dienone is 2. The van der Waals surface area contributed by atoms with Crippen molar-refractivity contribution < 1.29 is 9.47 Å². The van der Waals surface area contributed by atoms with Gasteiger partial charge in [-0.1, -0.05) is 12.2 Å². The van der Waals surface area contributed by atoms with Crippen LogP contribution in [-0.2, 0) is 0 Å². The largest absolute Gasteiger partial charge is 0.497 e. The second-order valence-corrected chi connectivity index (χ2v) is 2.71. The lowest BCUT2D eigenvalue weighted by atomic mass is 10.2. The van der Waals surface area contributed by atoms with E-state index >= 15 is 0 Å². The smallest absolute Gasteiger partial charge is 0.137 e. The molecular formula is C11H10O2. The first-order valence-corrected chi connectivity index (χ1v) is 4.08. The molecule has 0 atom stereocenters. The molecule has 2 rings (SSSR count). The van der Waals surface area contributed by atoms with Crippen LogP contribution in [-0.4, -0.2) is 7.11 Å². The fraction of sp³-hybridized carbons (Fsp3) is 0.0909. The Morgan fingerprint density at radius 3 is 3.00 bits per heavy atom. The molecule has 0 amide bonds. The van der Waals surface area contributed by atoms with Crippen LogP contribution in [0.15, 0.2) is 36.6 Å². The summed E-state index contributed by atoms with van der Waals surface area (Å²) in [6.07, 6.45) is 7.45. The van der Waals surface area contributed by atoms with E-state index in [9.17, 15) is 0 Å². The minimum absolute atomic E-state index is 0.808. The van der Waals surface area contributed by atoms with Crippen LogP contribution in [0.25, 0.3) is 6.08 Å². The summed E-state index contributed by atoms with van der Waals surface area (Å²) in [5.74, 6) is 1.63. The lowest BCUT2D eigenvalue weighted by Crippen LogP contribution is -1.87. The van der Waals surface area contributed by atoms with Crippen molar-refractivity contribution in [2.45, 2.75) is 0 Å². The van der Waals surface area contributed by atoms with Gasteiger partial charge in [0.05, 0.1) is 13.4 Å². The molecule has 0 fully saturated rings. The van der Waals surface area contributed by atoms with E-state index in [1.165, 1.54) is 0 Å². The van der Waals surface area contributed by atoms with E-state index in [0.29, 0.717) is 0 Å². The summed E-state index contributed by atoms with van der Waals surface area (Å²) in [6, 6.07) is 5.75. The minimum atomic E-state index is 0.808. The van der Waals surface area contributed by atoms with Gasteiger partial charge in [0.15, 0.2) is 0 Å². The third kappa shape index (κ3) is 1.56. The van der Waals surface area contributed by atoms with Gasteiger partial charge in [0.2, 0.25) is 0 Å².